The monoisotopic (exact) mass is 434 g/mol. The minimum absolute atomic E-state index is 0.326. The number of benzene rings is 1. The molecule has 0 saturated carbocycles. The van der Waals surface area contributed by atoms with Crippen molar-refractivity contribution < 1.29 is 14.0 Å². The van der Waals surface area contributed by atoms with Crippen LogP contribution in [0.15, 0.2) is 52.0 Å². The Bertz CT molecular complexity index is 1180. The Hall–Kier alpha value is -2.94. The molecule has 0 unspecified atom stereocenters. The van der Waals surface area contributed by atoms with Crippen molar-refractivity contribution >= 4 is 40.0 Å². The summed E-state index contributed by atoms with van der Waals surface area (Å²) in [6.45, 7) is 5.35. The van der Waals surface area contributed by atoms with Gasteiger partial charge in [-0.2, -0.15) is 0 Å². The maximum atomic E-state index is 11.8. The summed E-state index contributed by atoms with van der Waals surface area (Å²) in [5.74, 6) is 0.119. The standard InChI is InChI=1S/C23H22N4O3S/c1-26-6-8-27(9-7-26)14-15-2-4-16(5-3-15)19-13-24-12-17-10-18(30-21(17)19)11-20-22(28)25-23(29)31-20/h2-5,10-13H,6-9,14H2,1H3,(H,25,28,29)/b20-11-. The number of pyridine rings is 1. The number of likely N-dealkylation sites (N-methyl/N-ethyl adjacent to an activating group) is 1. The fourth-order valence-corrected chi connectivity index (χ4v) is 4.53. The molecule has 1 N–H and O–H groups in total. The molecule has 31 heavy (non-hydrogen) atoms. The van der Waals surface area contributed by atoms with Crippen LogP contribution in [0.1, 0.15) is 11.3 Å². The number of piperazine rings is 1. The number of nitrogens with one attached hydrogen (secondary N) is 1. The number of furan rings is 1. The first-order valence-corrected chi connectivity index (χ1v) is 11.0. The number of nitrogens with zero attached hydrogens (tertiary/aromatic N) is 3. The van der Waals surface area contributed by atoms with Crippen LogP contribution in [0.2, 0.25) is 0 Å². The molecule has 2 aliphatic heterocycles. The maximum absolute atomic E-state index is 11.8. The molecule has 0 radical (unpaired) electrons. The van der Waals surface area contributed by atoms with Crippen molar-refractivity contribution in [1.29, 1.82) is 0 Å². The number of hydrogen-bond donors (Lipinski definition) is 1. The van der Waals surface area contributed by atoms with Crippen molar-refractivity contribution in [2.45, 2.75) is 6.54 Å². The second kappa shape index (κ2) is 8.30. The molecule has 3 aromatic rings. The molecule has 0 bridgehead atoms. The number of amides is 2. The summed E-state index contributed by atoms with van der Waals surface area (Å²) >= 11 is 0.874. The summed E-state index contributed by atoms with van der Waals surface area (Å²) in [6, 6.07) is 10.3. The van der Waals surface area contributed by atoms with Crippen LogP contribution in [0.3, 0.4) is 0 Å². The molecule has 0 atom stereocenters. The minimum Gasteiger partial charge on any atom is -0.456 e. The molecule has 5 rings (SSSR count). The molecular formula is C23H22N4O3S. The van der Waals surface area contributed by atoms with E-state index in [1.807, 2.05) is 6.07 Å². The molecule has 2 aromatic heterocycles. The average Bonchev–Trinajstić information content (AvgIpc) is 3.32. The Balaban J connectivity index is 1.38. The van der Waals surface area contributed by atoms with Gasteiger partial charge in [-0.3, -0.25) is 24.8 Å². The van der Waals surface area contributed by atoms with Gasteiger partial charge in [0.25, 0.3) is 11.1 Å². The van der Waals surface area contributed by atoms with Gasteiger partial charge in [0, 0.05) is 62.1 Å². The van der Waals surface area contributed by atoms with Gasteiger partial charge in [-0.15, -0.1) is 0 Å². The van der Waals surface area contributed by atoms with Gasteiger partial charge in [0.05, 0.1) is 4.91 Å². The highest BCUT2D eigenvalue weighted by Gasteiger charge is 2.25. The third-order valence-electron chi connectivity index (χ3n) is 5.62. The highest BCUT2D eigenvalue weighted by atomic mass is 32.2. The molecule has 4 heterocycles. The van der Waals surface area contributed by atoms with E-state index < -0.39 is 5.91 Å². The summed E-state index contributed by atoms with van der Waals surface area (Å²) in [6.07, 6.45) is 5.12. The smallest absolute Gasteiger partial charge is 0.290 e. The Morgan fingerprint density at radius 3 is 2.61 bits per heavy atom. The third-order valence-corrected chi connectivity index (χ3v) is 6.43. The summed E-state index contributed by atoms with van der Waals surface area (Å²) in [5, 5.41) is 2.73. The average molecular weight is 435 g/mol. The van der Waals surface area contributed by atoms with Gasteiger partial charge in [0.2, 0.25) is 0 Å². The summed E-state index contributed by atoms with van der Waals surface area (Å²) in [5.41, 5.74) is 3.92. The lowest BCUT2D eigenvalue weighted by Gasteiger charge is -2.32. The second-order valence-electron chi connectivity index (χ2n) is 7.88. The number of aromatic nitrogens is 1. The fourth-order valence-electron chi connectivity index (χ4n) is 3.86. The number of fused-ring (bicyclic) bond motifs is 1. The van der Waals surface area contributed by atoms with Gasteiger partial charge in [0.1, 0.15) is 11.3 Å². The fraction of sp³-hybridized carbons (Fsp3) is 0.261. The molecule has 8 heteroatoms. The number of hydrogen-bond acceptors (Lipinski definition) is 7. The summed E-state index contributed by atoms with van der Waals surface area (Å²) in [7, 11) is 2.16. The van der Waals surface area contributed by atoms with Crippen molar-refractivity contribution in [3.05, 3.63) is 59.0 Å². The second-order valence-corrected chi connectivity index (χ2v) is 8.90. The van der Waals surface area contributed by atoms with Crippen molar-refractivity contribution in [3.63, 3.8) is 0 Å². The van der Waals surface area contributed by atoms with E-state index >= 15 is 0 Å². The van der Waals surface area contributed by atoms with Crippen molar-refractivity contribution in [1.82, 2.24) is 20.1 Å². The summed E-state index contributed by atoms with van der Waals surface area (Å²) < 4.78 is 6.03. The van der Waals surface area contributed by atoms with Gasteiger partial charge in [-0.25, -0.2) is 0 Å². The van der Waals surface area contributed by atoms with Crippen molar-refractivity contribution in [2.24, 2.45) is 0 Å². The molecule has 2 saturated heterocycles. The minimum atomic E-state index is -0.398. The first-order valence-electron chi connectivity index (χ1n) is 10.2. The Morgan fingerprint density at radius 1 is 1.13 bits per heavy atom. The first kappa shape index (κ1) is 20.0. The molecule has 2 amide bonds. The molecule has 2 aliphatic rings. The maximum Gasteiger partial charge on any atom is 0.290 e. The van der Waals surface area contributed by atoms with Gasteiger partial charge in [-0.1, -0.05) is 24.3 Å². The van der Waals surface area contributed by atoms with Crippen LogP contribution in [0.25, 0.3) is 28.2 Å². The van der Waals surface area contributed by atoms with Gasteiger partial charge < -0.3 is 9.32 Å². The van der Waals surface area contributed by atoms with Crippen molar-refractivity contribution in [3.8, 4) is 11.1 Å². The Labute approximate surface area is 184 Å². The SMILES string of the molecule is CN1CCN(Cc2ccc(-c3cncc4cc(/C=C5\SC(=O)NC5=O)oc34)cc2)CC1. The van der Waals surface area contributed by atoms with Crippen LogP contribution in [0.4, 0.5) is 4.79 Å². The van der Waals surface area contributed by atoms with E-state index in [-0.39, 0.29) is 5.24 Å². The normalized spacial score (nSPS) is 19.5. The number of thioether (sulfide) groups is 1. The molecule has 1 aromatic carbocycles. The van der Waals surface area contributed by atoms with Crippen LogP contribution < -0.4 is 5.32 Å². The summed E-state index contributed by atoms with van der Waals surface area (Å²) in [4.78, 5) is 32.7. The van der Waals surface area contributed by atoms with E-state index in [0.717, 1.165) is 61.0 Å². The van der Waals surface area contributed by atoms with E-state index in [4.69, 9.17) is 4.42 Å². The van der Waals surface area contributed by atoms with Crippen LogP contribution in [-0.2, 0) is 11.3 Å². The van der Waals surface area contributed by atoms with E-state index in [1.54, 1.807) is 18.5 Å². The van der Waals surface area contributed by atoms with E-state index in [9.17, 15) is 9.59 Å². The molecule has 2 fully saturated rings. The lowest BCUT2D eigenvalue weighted by atomic mass is 10.0. The lowest BCUT2D eigenvalue weighted by molar-refractivity contribution is -0.115. The zero-order valence-corrected chi connectivity index (χ0v) is 17.9. The van der Waals surface area contributed by atoms with Crippen LogP contribution in [0.5, 0.6) is 0 Å². The number of rotatable bonds is 4. The van der Waals surface area contributed by atoms with Gasteiger partial charge in [0.15, 0.2) is 0 Å². The molecular weight excluding hydrogens is 412 g/mol. The first-order chi connectivity index (χ1) is 15.0. The Kier molecular flexibility index (Phi) is 5.35. The lowest BCUT2D eigenvalue weighted by Crippen LogP contribution is -2.43. The van der Waals surface area contributed by atoms with Gasteiger partial charge in [-0.05, 0) is 36.0 Å². The number of imide groups is 1. The van der Waals surface area contributed by atoms with Crippen molar-refractivity contribution in [2.75, 3.05) is 33.2 Å². The van der Waals surface area contributed by atoms with Crippen LogP contribution in [0, 0.1) is 0 Å². The van der Waals surface area contributed by atoms with Crippen LogP contribution >= 0.6 is 11.8 Å². The van der Waals surface area contributed by atoms with E-state index in [0.29, 0.717) is 16.2 Å². The molecule has 7 nitrogen and oxygen atoms in total. The molecule has 0 spiro atoms. The zero-order valence-electron chi connectivity index (χ0n) is 17.1. The van der Waals surface area contributed by atoms with E-state index in [1.165, 1.54) is 5.56 Å². The number of carbonyl (C=O) groups is 2. The molecule has 0 aliphatic carbocycles. The predicted octanol–water partition coefficient (Wildman–Crippen LogP) is 3.57. The predicted molar refractivity (Wildman–Crippen MR) is 121 cm³/mol. The third kappa shape index (κ3) is 4.27. The van der Waals surface area contributed by atoms with E-state index in [2.05, 4.69) is 51.4 Å². The van der Waals surface area contributed by atoms with Crippen LogP contribution in [-0.4, -0.2) is 59.2 Å². The molecule has 158 valence electrons. The Morgan fingerprint density at radius 2 is 1.90 bits per heavy atom. The topological polar surface area (TPSA) is 78.7 Å². The highest BCUT2D eigenvalue weighted by Crippen LogP contribution is 2.33. The number of carbonyl (C=O) groups excluding carboxylic acids is 2. The highest BCUT2D eigenvalue weighted by molar-refractivity contribution is 8.18. The van der Waals surface area contributed by atoms with Gasteiger partial charge >= 0.3 is 0 Å². The quantitative estimate of drug-likeness (QED) is 0.629. The largest absolute Gasteiger partial charge is 0.456 e. The zero-order chi connectivity index (χ0) is 21.4.